The van der Waals surface area contributed by atoms with Crippen LogP contribution in [0.2, 0.25) is 0 Å². The number of benzene rings is 2. The van der Waals surface area contributed by atoms with Crippen LogP contribution in [0.25, 0.3) is 0 Å². The number of nitrogens with one attached hydrogen (secondary N) is 2. The molecule has 3 rings (SSSR count). The van der Waals surface area contributed by atoms with Crippen LogP contribution in [0.5, 0.6) is 17.2 Å². The Kier molecular flexibility index (Phi) is 6.35. The molecule has 2 aromatic carbocycles. The summed E-state index contributed by atoms with van der Waals surface area (Å²) in [5, 5.41) is 6.49. The molecule has 6 nitrogen and oxygen atoms in total. The van der Waals surface area contributed by atoms with E-state index in [0.717, 1.165) is 35.6 Å². The molecular weight excluding hydrogens is 349 g/mol. The fourth-order valence-corrected chi connectivity index (χ4v) is 2.74. The van der Waals surface area contributed by atoms with Crippen LogP contribution in [0, 0.1) is 5.82 Å². The fraction of sp³-hybridized carbons (Fsp3) is 0.350. The summed E-state index contributed by atoms with van der Waals surface area (Å²) in [4.78, 5) is 4.51. The minimum Gasteiger partial charge on any atom is -0.494 e. The van der Waals surface area contributed by atoms with Gasteiger partial charge in [0.15, 0.2) is 29.0 Å². The Morgan fingerprint density at radius 1 is 1.11 bits per heavy atom. The molecule has 0 radical (unpaired) electrons. The average Bonchev–Trinajstić information content (AvgIpc) is 3.14. The fourth-order valence-electron chi connectivity index (χ4n) is 2.74. The van der Waals surface area contributed by atoms with Crippen LogP contribution in [0.3, 0.4) is 0 Å². The highest BCUT2D eigenvalue weighted by atomic mass is 19.1. The lowest BCUT2D eigenvalue weighted by Gasteiger charge is -2.12. The Morgan fingerprint density at radius 2 is 1.93 bits per heavy atom. The van der Waals surface area contributed by atoms with E-state index < -0.39 is 0 Å². The normalized spacial score (nSPS) is 12.8. The van der Waals surface area contributed by atoms with E-state index in [2.05, 4.69) is 15.6 Å². The third kappa shape index (κ3) is 5.03. The smallest absolute Gasteiger partial charge is 0.231 e. The Bertz CT molecular complexity index is 811. The molecule has 2 N–H and O–H groups in total. The lowest BCUT2D eigenvalue weighted by molar-refractivity contribution is 0.174. The number of fused-ring (bicyclic) bond motifs is 1. The molecule has 0 saturated heterocycles. The van der Waals surface area contributed by atoms with E-state index in [1.807, 2.05) is 31.2 Å². The highest BCUT2D eigenvalue weighted by molar-refractivity contribution is 5.79. The maximum Gasteiger partial charge on any atom is 0.231 e. The molecule has 0 unspecified atom stereocenters. The summed E-state index contributed by atoms with van der Waals surface area (Å²) in [6.45, 7) is 4.11. The summed E-state index contributed by atoms with van der Waals surface area (Å²) in [7, 11) is 1.45. The molecule has 0 amide bonds. The molecule has 1 aliphatic heterocycles. The Labute approximate surface area is 158 Å². The van der Waals surface area contributed by atoms with Crippen LogP contribution in [0.1, 0.15) is 18.1 Å². The molecule has 27 heavy (non-hydrogen) atoms. The van der Waals surface area contributed by atoms with Crippen molar-refractivity contribution in [1.29, 1.82) is 0 Å². The Hall–Kier alpha value is -2.96. The topological polar surface area (TPSA) is 64.1 Å². The van der Waals surface area contributed by atoms with Gasteiger partial charge in [-0.1, -0.05) is 12.1 Å². The minimum absolute atomic E-state index is 0.233. The van der Waals surface area contributed by atoms with Crippen molar-refractivity contribution in [1.82, 2.24) is 10.6 Å². The largest absolute Gasteiger partial charge is 0.494 e. The Morgan fingerprint density at radius 3 is 2.70 bits per heavy atom. The van der Waals surface area contributed by atoms with Crippen LogP contribution in [-0.2, 0) is 13.0 Å². The highest BCUT2D eigenvalue weighted by Crippen LogP contribution is 2.32. The molecule has 2 aromatic rings. The van der Waals surface area contributed by atoms with Crippen molar-refractivity contribution in [3.05, 3.63) is 53.3 Å². The summed E-state index contributed by atoms with van der Waals surface area (Å²) >= 11 is 0. The van der Waals surface area contributed by atoms with E-state index in [9.17, 15) is 4.39 Å². The maximum absolute atomic E-state index is 13.8. The van der Waals surface area contributed by atoms with Crippen LogP contribution in [0.15, 0.2) is 41.4 Å². The molecule has 0 atom stereocenters. The monoisotopic (exact) mass is 373 g/mol. The summed E-state index contributed by atoms with van der Waals surface area (Å²) in [6, 6.07) is 10.8. The van der Waals surface area contributed by atoms with E-state index in [1.165, 1.54) is 13.2 Å². The second kappa shape index (κ2) is 9.12. The first-order valence-corrected chi connectivity index (χ1v) is 8.92. The van der Waals surface area contributed by atoms with Gasteiger partial charge in [0.25, 0.3) is 0 Å². The van der Waals surface area contributed by atoms with Crippen molar-refractivity contribution in [3.8, 4) is 17.2 Å². The first-order valence-electron chi connectivity index (χ1n) is 8.92. The molecule has 0 aliphatic carbocycles. The second-order valence-corrected chi connectivity index (χ2v) is 6.03. The van der Waals surface area contributed by atoms with Crippen LogP contribution in [0.4, 0.5) is 4.39 Å². The molecule has 0 bridgehead atoms. The van der Waals surface area contributed by atoms with Crippen LogP contribution < -0.4 is 24.8 Å². The lowest BCUT2D eigenvalue weighted by atomic mass is 10.1. The average molecular weight is 373 g/mol. The zero-order valence-electron chi connectivity index (χ0n) is 15.5. The predicted molar refractivity (Wildman–Crippen MR) is 102 cm³/mol. The summed E-state index contributed by atoms with van der Waals surface area (Å²) in [5.41, 5.74) is 1.93. The molecule has 0 saturated carbocycles. The number of hydrogen-bond acceptors (Lipinski definition) is 4. The number of ether oxygens (including phenoxy) is 3. The highest BCUT2D eigenvalue weighted by Gasteiger charge is 2.13. The van der Waals surface area contributed by atoms with E-state index in [0.29, 0.717) is 19.0 Å². The quantitative estimate of drug-likeness (QED) is 0.577. The molecule has 0 aromatic heterocycles. The van der Waals surface area contributed by atoms with E-state index in [-0.39, 0.29) is 18.4 Å². The van der Waals surface area contributed by atoms with Gasteiger partial charge >= 0.3 is 0 Å². The van der Waals surface area contributed by atoms with Gasteiger partial charge < -0.3 is 24.8 Å². The van der Waals surface area contributed by atoms with Gasteiger partial charge in [-0.3, -0.25) is 0 Å². The van der Waals surface area contributed by atoms with Crippen LogP contribution >= 0.6 is 0 Å². The second-order valence-electron chi connectivity index (χ2n) is 6.03. The van der Waals surface area contributed by atoms with Crippen molar-refractivity contribution < 1.29 is 18.6 Å². The first kappa shape index (κ1) is 18.8. The van der Waals surface area contributed by atoms with Crippen LogP contribution in [-0.4, -0.2) is 33.0 Å². The zero-order valence-corrected chi connectivity index (χ0v) is 15.5. The van der Waals surface area contributed by atoms with Crippen molar-refractivity contribution in [2.75, 3.05) is 27.0 Å². The Balaban J connectivity index is 1.55. The van der Waals surface area contributed by atoms with Crippen molar-refractivity contribution in [3.63, 3.8) is 0 Å². The maximum atomic E-state index is 13.8. The van der Waals surface area contributed by atoms with Gasteiger partial charge in [0.1, 0.15) is 0 Å². The van der Waals surface area contributed by atoms with E-state index >= 15 is 0 Å². The number of aliphatic imine (C=N–C) groups is 1. The summed E-state index contributed by atoms with van der Waals surface area (Å²) in [5.74, 6) is 2.11. The van der Waals surface area contributed by atoms with Crippen molar-refractivity contribution in [2.45, 2.75) is 19.9 Å². The summed E-state index contributed by atoms with van der Waals surface area (Å²) in [6.07, 6.45) is 0.818. The number of guanidine groups is 1. The first-order chi connectivity index (χ1) is 13.2. The number of halogens is 1. The third-order valence-electron chi connectivity index (χ3n) is 4.12. The van der Waals surface area contributed by atoms with Gasteiger partial charge in [-0.25, -0.2) is 9.38 Å². The molecule has 144 valence electrons. The number of hydrogen-bond donors (Lipinski definition) is 2. The molecule has 7 heteroatoms. The van der Waals surface area contributed by atoms with Gasteiger partial charge in [-0.05, 0) is 48.7 Å². The minimum atomic E-state index is -0.383. The molecule has 0 fully saturated rings. The van der Waals surface area contributed by atoms with Gasteiger partial charge in [-0.15, -0.1) is 0 Å². The third-order valence-corrected chi connectivity index (χ3v) is 4.12. The molecule has 1 aliphatic rings. The molecule has 1 heterocycles. The van der Waals surface area contributed by atoms with Gasteiger partial charge in [0.2, 0.25) is 6.79 Å². The molecular formula is C20H24FN3O3. The number of nitrogens with zero attached hydrogens (tertiary/aromatic N) is 1. The standard InChI is InChI=1S/C20H24FN3O3/c1-3-22-20(24-12-15-5-6-17(25-2)16(21)10-15)23-9-8-14-4-7-18-19(11-14)27-13-26-18/h4-7,10-11H,3,8-9,12-13H2,1-2H3,(H2,22,23,24). The number of rotatable bonds is 7. The van der Waals surface area contributed by atoms with Crippen molar-refractivity contribution in [2.24, 2.45) is 4.99 Å². The van der Waals surface area contributed by atoms with Crippen molar-refractivity contribution >= 4 is 5.96 Å². The van der Waals surface area contributed by atoms with Gasteiger partial charge in [-0.2, -0.15) is 0 Å². The van der Waals surface area contributed by atoms with Gasteiger partial charge in [0.05, 0.1) is 13.7 Å². The zero-order chi connectivity index (χ0) is 19.1. The van der Waals surface area contributed by atoms with E-state index in [4.69, 9.17) is 14.2 Å². The summed E-state index contributed by atoms with van der Waals surface area (Å²) < 4.78 is 29.4. The lowest BCUT2D eigenvalue weighted by Crippen LogP contribution is -2.38. The van der Waals surface area contributed by atoms with Gasteiger partial charge in [0, 0.05) is 13.1 Å². The SMILES string of the molecule is CCNC(=NCc1ccc(OC)c(F)c1)NCCc1ccc2c(c1)OCO2. The molecule has 0 spiro atoms. The predicted octanol–water partition coefficient (Wildman–Crippen LogP) is 2.86. The number of methoxy groups -OCH3 is 1. The van der Waals surface area contributed by atoms with E-state index in [1.54, 1.807) is 6.07 Å².